The van der Waals surface area contributed by atoms with E-state index in [-0.39, 0.29) is 17.2 Å². The van der Waals surface area contributed by atoms with Crippen LogP contribution in [0.1, 0.15) is 56.1 Å². The average Bonchev–Trinajstić information content (AvgIpc) is 2.59. The molecule has 2 aliphatic heterocycles. The molecule has 1 N–H and O–H groups in total. The topological polar surface area (TPSA) is 73.7 Å². The second-order valence-electron chi connectivity index (χ2n) is 8.46. The highest BCUT2D eigenvalue weighted by Gasteiger charge is 2.50. The van der Waals surface area contributed by atoms with Crippen molar-refractivity contribution in [1.82, 2.24) is 14.8 Å². The van der Waals surface area contributed by atoms with E-state index in [9.17, 15) is 14.7 Å². The first-order valence-corrected chi connectivity index (χ1v) is 9.33. The van der Waals surface area contributed by atoms with E-state index in [2.05, 4.69) is 4.98 Å². The van der Waals surface area contributed by atoms with Crippen LogP contribution < -0.4 is 0 Å². The predicted molar refractivity (Wildman–Crippen MR) is 98.6 cm³/mol. The minimum atomic E-state index is -0.552. The van der Waals surface area contributed by atoms with Gasteiger partial charge in [0.25, 0.3) is 5.91 Å². The van der Waals surface area contributed by atoms with Crippen LogP contribution in [0.5, 0.6) is 0 Å². The molecule has 2 saturated heterocycles. The van der Waals surface area contributed by atoms with Gasteiger partial charge >= 0.3 is 0 Å². The Morgan fingerprint density at radius 2 is 1.88 bits per heavy atom. The van der Waals surface area contributed by atoms with E-state index in [1.54, 1.807) is 13.1 Å². The fourth-order valence-corrected chi connectivity index (χ4v) is 4.28. The molecular formula is C20H29N3O3. The quantitative estimate of drug-likeness (QED) is 0.832. The number of rotatable bonds is 1. The number of pyridine rings is 1. The largest absolute Gasteiger partial charge is 0.391 e. The Bertz CT molecular complexity index is 691. The van der Waals surface area contributed by atoms with Gasteiger partial charge in [0.2, 0.25) is 5.91 Å². The number of hydrogen-bond donors (Lipinski definition) is 1. The number of aromatic nitrogens is 1. The van der Waals surface area contributed by atoms with Crippen LogP contribution in [0.4, 0.5) is 0 Å². The summed E-state index contributed by atoms with van der Waals surface area (Å²) in [4.78, 5) is 32.7. The summed E-state index contributed by atoms with van der Waals surface area (Å²) >= 11 is 0. The molecule has 0 aliphatic carbocycles. The predicted octanol–water partition coefficient (Wildman–Crippen LogP) is 2.00. The number of hydrogen-bond acceptors (Lipinski definition) is 4. The van der Waals surface area contributed by atoms with E-state index in [0.29, 0.717) is 31.6 Å². The van der Waals surface area contributed by atoms with Gasteiger partial charge in [0.05, 0.1) is 17.2 Å². The average molecular weight is 359 g/mol. The van der Waals surface area contributed by atoms with Crippen molar-refractivity contribution >= 4 is 11.8 Å². The molecule has 2 fully saturated rings. The van der Waals surface area contributed by atoms with Gasteiger partial charge in [-0.3, -0.25) is 14.6 Å². The molecule has 0 radical (unpaired) electrons. The van der Waals surface area contributed by atoms with Gasteiger partial charge in [-0.1, -0.05) is 0 Å². The molecule has 1 aromatic heterocycles. The molecule has 1 spiro atoms. The van der Waals surface area contributed by atoms with Crippen molar-refractivity contribution in [2.45, 2.75) is 58.6 Å². The van der Waals surface area contributed by atoms with Crippen molar-refractivity contribution in [1.29, 1.82) is 0 Å². The zero-order chi connectivity index (χ0) is 19.1. The molecular weight excluding hydrogens is 330 g/mol. The summed E-state index contributed by atoms with van der Waals surface area (Å²) in [5, 5.41) is 10.7. The molecule has 1 aromatic rings. The Balaban J connectivity index is 1.70. The number of amides is 2. The number of piperidine rings is 2. The number of aryl methyl sites for hydroxylation is 1. The molecule has 1 atom stereocenters. The van der Waals surface area contributed by atoms with Crippen LogP contribution in [0.2, 0.25) is 0 Å². The molecule has 0 aromatic carbocycles. The smallest absolute Gasteiger partial charge is 0.255 e. The normalized spacial score (nSPS) is 24.6. The van der Waals surface area contributed by atoms with Crippen LogP contribution >= 0.6 is 0 Å². The molecule has 142 valence electrons. The van der Waals surface area contributed by atoms with E-state index < -0.39 is 11.6 Å². The molecule has 3 rings (SSSR count). The first kappa shape index (κ1) is 18.8. The lowest BCUT2D eigenvalue weighted by molar-refractivity contribution is -0.156. The SMILES string of the molecule is CC(=O)N1CC2(CCN(C(=O)c3ccc(C)nc3)CC2)CC(O)C1(C)C. The van der Waals surface area contributed by atoms with Gasteiger partial charge in [-0.15, -0.1) is 0 Å². The van der Waals surface area contributed by atoms with Crippen LogP contribution in [-0.4, -0.2) is 63.0 Å². The maximum absolute atomic E-state index is 12.7. The van der Waals surface area contributed by atoms with Crippen molar-refractivity contribution in [3.63, 3.8) is 0 Å². The van der Waals surface area contributed by atoms with E-state index in [4.69, 9.17) is 0 Å². The minimum absolute atomic E-state index is 0.00244. The van der Waals surface area contributed by atoms with Crippen molar-refractivity contribution in [3.8, 4) is 0 Å². The van der Waals surface area contributed by atoms with Crippen LogP contribution in [-0.2, 0) is 4.79 Å². The van der Waals surface area contributed by atoms with Gasteiger partial charge in [0.15, 0.2) is 0 Å². The molecule has 2 aliphatic rings. The lowest BCUT2D eigenvalue weighted by atomic mass is 9.67. The minimum Gasteiger partial charge on any atom is -0.391 e. The van der Waals surface area contributed by atoms with Crippen LogP contribution in [0.3, 0.4) is 0 Å². The summed E-state index contributed by atoms with van der Waals surface area (Å²) in [6, 6.07) is 3.67. The Labute approximate surface area is 155 Å². The van der Waals surface area contributed by atoms with Gasteiger partial charge in [-0.25, -0.2) is 0 Å². The van der Waals surface area contributed by atoms with Crippen LogP contribution in [0.15, 0.2) is 18.3 Å². The highest BCUT2D eigenvalue weighted by molar-refractivity contribution is 5.94. The summed E-state index contributed by atoms with van der Waals surface area (Å²) in [5.74, 6) is 0.00447. The van der Waals surface area contributed by atoms with Gasteiger partial charge in [-0.05, 0) is 57.6 Å². The number of nitrogens with zero attached hydrogens (tertiary/aromatic N) is 3. The first-order valence-electron chi connectivity index (χ1n) is 9.33. The molecule has 6 nitrogen and oxygen atoms in total. The molecule has 0 bridgehead atoms. The van der Waals surface area contributed by atoms with Crippen molar-refractivity contribution in [2.75, 3.05) is 19.6 Å². The zero-order valence-corrected chi connectivity index (χ0v) is 16.2. The van der Waals surface area contributed by atoms with E-state index in [0.717, 1.165) is 18.5 Å². The lowest BCUT2D eigenvalue weighted by Crippen LogP contribution is -2.64. The highest BCUT2D eigenvalue weighted by atomic mass is 16.3. The highest BCUT2D eigenvalue weighted by Crippen LogP contribution is 2.45. The summed E-state index contributed by atoms with van der Waals surface area (Å²) in [6.07, 6.45) is 3.36. The van der Waals surface area contributed by atoms with Crippen molar-refractivity contribution in [3.05, 3.63) is 29.6 Å². The summed E-state index contributed by atoms with van der Waals surface area (Å²) in [7, 11) is 0. The third kappa shape index (κ3) is 3.34. The number of aliphatic hydroxyl groups is 1. The van der Waals surface area contributed by atoms with Gasteiger partial charge in [0, 0.05) is 38.4 Å². The number of carbonyl (C=O) groups is 2. The molecule has 6 heteroatoms. The number of carbonyl (C=O) groups excluding carboxylic acids is 2. The van der Waals surface area contributed by atoms with Crippen LogP contribution in [0, 0.1) is 12.3 Å². The van der Waals surface area contributed by atoms with Gasteiger partial charge in [0.1, 0.15) is 0 Å². The second-order valence-corrected chi connectivity index (χ2v) is 8.46. The molecule has 26 heavy (non-hydrogen) atoms. The van der Waals surface area contributed by atoms with E-state index >= 15 is 0 Å². The Hall–Kier alpha value is -1.95. The standard InChI is InChI=1S/C20H29N3O3/c1-14-5-6-16(12-21-14)18(26)22-9-7-20(8-10-22)11-17(25)19(3,4)23(13-20)15(2)24/h5-6,12,17,25H,7-11,13H2,1-4H3. The Kier molecular flexibility index (Phi) is 4.82. The second kappa shape index (κ2) is 6.65. The number of likely N-dealkylation sites (tertiary alicyclic amines) is 2. The molecule has 3 heterocycles. The third-order valence-electron chi connectivity index (χ3n) is 6.28. The Morgan fingerprint density at radius 3 is 2.42 bits per heavy atom. The van der Waals surface area contributed by atoms with Crippen molar-refractivity contribution in [2.24, 2.45) is 5.41 Å². The lowest BCUT2D eigenvalue weighted by Gasteiger charge is -2.55. The monoisotopic (exact) mass is 359 g/mol. The van der Waals surface area contributed by atoms with Gasteiger partial charge < -0.3 is 14.9 Å². The van der Waals surface area contributed by atoms with E-state index in [1.807, 2.05) is 42.7 Å². The van der Waals surface area contributed by atoms with Gasteiger partial charge in [-0.2, -0.15) is 0 Å². The fraction of sp³-hybridized carbons (Fsp3) is 0.650. The van der Waals surface area contributed by atoms with E-state index in [1.165, 1.54) is 0 Å². The first-order chi connectivity index (χ1) is 12.1. The molecule has 1 unspecified atom stereocenters. The Morgan fingerprint density at radius 1 is 1.23 bits per heavy atom. The summed E-state index contributed by atoms with van der Waals surface area (Å²) in [5.41, 5.74) is 0.851. The summed E-state index contributed by atoms with van der Waals surface area (Å²) in [6.45, 7) is 9.26. The number of aliphatic hydroxyl groups excluding tert-OH is 1. The maximum atomic E-state index is 12.7. The molecule has 0 saturated carbocycles. The molecule has 2 amide bonds. The fourth-order valence-electron chi connectivity index (χ4n) is 4.28. The van der Waals surface area contributed by atoms with Crippen LogP contribution in [0.25, 0.3) is 0 Å². The maximum Gasteiger partial charge on any atom is 0.255 e. The summed E-state index contributed by atoms with van der Waals surface area (Å²) < 4.78 is 0. The van der Waals surface area contributed by atoms with Crippen molar-refractivity contribution < 1.29 is 14.7 Å². The zero-order valence-electron chi connectivity index (χ0n) is 16.2. The third-order valence-corrected chi connectivity index (χ3v) is 6.28.